The van der Waals surface area contributed by atoms with Gasteiger partial charge in [-0.15, -0.1) is 0 Å². The van der Waals surface area contributed by atoms with Gasteiger partial charge in [0, 0.05) is 37.6 Å². The number of hydrogen-bond acceptors (Lipinski definition) is 3. The van der Waals surface area contributed by atoms with Gasteiger partial charge in [-0.3, -0.25) is 9.10 Å². The lowest BCUT2D eigenvalue weighted by Crippen LogP contribution is -2.37. The second kappa shape index (κ2) is 7.74. The topological polar surface area (TPSA) is 71.4 Å². The summed E-state index contributed by atoms with van der Waals surface area (Å²) in [5.41, 5.74) is 1.24. The van der Waals surface area contributed by atoms with E-state index in [-0.39, 0.29) is 11.7 Å². The van der Waals surface area contributed by atoms with Crippen LogP contribution < -0.4 is 9.62 Å². The van der Waals surface area contributed by atoms with Crippen LogP contribution in [-0.2, 0) is 21.4 Å². The van der Waals surface area contributed by atoms with E-state index < -0.39 is 10.0 Å². The molecule has 1 fully saturated rings. The van der Waals surface area contributed by atoms with Gasteiger partial charge in [0.1, 0.15) is 0 Å². The van der Waals surface area contributed by atoms with E-state index in [2.05, 4.69) is 5.32 Å². The van der Waals surface area contributed by atoms with Crippen molar-refractivity contribution in [2.75, 3.05) is 21.9 Å². The maximum absolute atomic E-state index is 12.2. The summed E-state index contributed by atoms with van der Waals surface area (Å²) in [6.07, 6.45) is 6.68. The van der Waals surface area contributed by atoms with Gasteiger partial charge in [-0.25, -0.2) is 8.42 Å². The predicted molar refractivity (Wildman–Crippen MR) is 99.1 cm³/mol. The molecule has 3 rings (SSSR count). The van der Waals surface area contributed by atoms with Crippen molar-refractivity contribution in [3.8, 4) is 0 Å². The maximum Gasteiger partial charge on any atom is 0.235 e. The van der Waals surface area contributed by atoms with Crippen molar-refractivity contribution in [3.05, 3.63) is 48.8 Å². The molecule has 1 aliphatic heterocycles. The monoisotopic (exact) mass is 361 g/mol. The second-order valence-corrected chi connectivity index (χ2v) is 8.23. The Bertz CT molecular complexity index is 816. The van der Waals surface area contributed by atoms with Crippen LogP contribution in [0.2, 0.25) is 0 Å². The van der Waals surface area contributed by atoms with Crippen molar-refractivity contribution >= 4 is 27.3 Å². The van der Waals surface area contributed by atoms with E-state index in [1.807, 2.05) is 29.1 Å². The molecule has 0 atom stereocenters. The first-order valence-corrected chi connectivity index (χ1v) is 10.2. The van der Waals surface area contributed by atoms with Crippen molar-refractivity contribution in [2.24, 2.45) is 0 Å². The highest BCUT2D eigenvalue weighted by atomic mass is 32.2. The van der Waals surface area contributed by atoms with Gasteiger partial charge in [0.15, 0.2) is 0 Å². The number of carbonyl (C=O) groups is 1. The van der Waals surface area contributed by atoms with Crippen LogP contribution in [0.25, 0.3) is 0 Å². The van der Waals surface area contributed by atoms with Gasteiger partial charge in [-0.2, -0.15) is 0 Å². The largest absolute Gasteiger partial charge is 0.354 e. The molecule has 6 nitrogen and oxygen atoms in total. The molecule has 0 saturated carbocycles. The van der Waals surface area contributed by atoms with Crippen LogP contribution in [0, 0.1) is 0 Å². The highest BCUT2D eigenvalue weighted by molar-refractivity contribution is 7.92. The Kier molecular flexibility index (Phi) is 5.43. The Morgan fingerprint density at radius 3 is 2.68 bits per heavy atom. The molecule has 0 bridgehead atoms. The van der Waals surface area contributed by atoms with E-state index in [0.717, 1.165) is 19.4 Å². The minimum absolute atomic E-state index is 0.0641. The molecule has 134 valence electrons. The van der Waals surface area contributed by atoms with Crippen molar-refractivity contribution in [1.29, 1.82) is 0 Å². The first-order valence-electron chi connectivity index (χ1n) is 8.56. The number of aromatic nitrogens is 1. The lowest BCUT2D eigenvalue weighted by Gasteiger charge is -2.28. The third-order valence-electron chi connectivity index (χ3n) is 4.25. The smallest absolute Gasteiger partial charge is 0.235 e. The van der Waals surface area contributed by atoms with Crippen LogP contribution in [0.5, 0.6) is 0 Å². The van der Waals surface area contributed by atoms with Gasteiger partial charge in [0.05, 0.1) is 11.4 Å². The van der Waals surface area contributed by atoms with Crippen molar-refractivity contribution < 1.29 is 13.2 Å². The average Bonchev–Trinajstić information content (AvgIpc) is 3.08. The highest BCUT2D eigenvalue weighted by Crippen LogP contribution is 2.26. The average molecular weight is 361 g/mol. The summed E-state index contributed by atoms with van der Waals surface area (Å²) in [6, 6.07) is 11.0. The van der Waals surface area contributed by atoms with E-state index in [4.69, 9.17) is 0 Å². The number of carbonyl (C=O) groups excluding carboxylic acids is 1. The zero-order valence-corrected chi connectivity index (χ0v) is 14.9. The summed E-state index contributed by atoms with van der Waals surface area (Å²) < 4.78 is 27.9. The molecule has 7 heteroatoms. The fraction of sp³-hybridized carbons (Fsp3) is 0.389. The SMILES string of the molecule is O=C(CCCn1cccc1)Nc1cccc(N2CCCCS2(=O)=O)c1. The summed E-state index contributed by atoms with van der Waals surface area (Å²) in [5.74, 6) is 0.119. The van der Waals surface area contributed by atoms with Crippen LogP contribution in [0.1, 0.15) is 25.7 Å². The Labute approximate surface area is 148 Å². The molecule has 0 spiro atoms. The summed E-state index contributed by atoms with van der Waals surface area (Å²) in [4.78, 5) is 12.1. The molecular weight excluding hydrogens is 338 g/mol. The number of sulfonamides is 1. The number of aryl methyl sites for hydroxylation is 1. The number of nitrogens with one attached hydrogen (secondary N) is 1. The first-order chi connectivity index (χ1) is 12.0. The third-order valence-corrected chi connectivity index (χ3v) is 6.12. The number of hydrogen-bond donors (Lipinski definition) is 1. The van der Waals surface area contributed by atoms with Crippen LogP contribution in [0.4, 0.5) is 11.4 Å². The summed E-state index contributed by atoms with van der Waals surface area (Å²) in [7, 11) is -3.24. The van der Waals surface area contributed by atoms with Crippen molar-refractivity contribution in [2.45, 2.75) is 32.2 Å². The molecule has 2 heterocycles. The van der Waals surface area contributed by atoms with Crippen molar-refractivity contribution in [1.82, 2.24) is 4.57 Å². The molecule has 1 aromatic heterocycles. The Morgan fingerprint density at radius 2 is 1.92 bits per heavy atom. The van der Waals surface area contributed by atoms with Crippen LogP contribution in [0.15, 0.2) is 48.8 Å². The molecule has 2 aromatic rings. The normalized spacial score (nSPS) is 16.6. The van der Waals surface area contributed by atoms with E-state index in [1.165, 1.54) is 4.31 Å². The summed E-state index contributed by atoms with van der Waals surface area (Å²) in [5, 5.41) is 2.86. The van der Waals surface area contributed by atoms with Gasteiger partial charge >= 0.3 is 0 Å². The van der Waals surface area contributed by atoms with Crippen LogP contribution in [-0.4, -0.2) is 31.2 Å². The minimum atomic E-state index is -3.24. The molecule has 0 aliphatic carbocycles. The molecule has 1 aliphatic rings. The van der Waals surface area contributed by atoms with Crippen molar-refractivity contribution in [3.63, 3.8) is 0 Å². The zero-order valence-electron chi connectivity index (χ0n) is 14.1. The number of nitrogens with zero attached hydrogens (tertiary/aromatic N) is 2. The highest BCUT2D eigenvalue weighted by Gasteiger charge is 2.26. The second-order valence-electron chi connectivity index (χ2n) is 6.22. The van der Waals surface area contributed by atoms with Crippen LogP contribution >= 0.6 is 0 Å². The lowest BCUT2D eigenvalue weighted by molar-refractivity contribution is -0.116. The van der Waals surface area contributed by atoms with Gasteiger partial charge < -0.3 is 9.88 Å². The number of rotatable bonds is 6. The van der Waals surface area contributed by atoms with E-state index in [9.17, 15) is 13.2 Å². The van der Waals surface area contributed by atoms with Gasteiger partial charge in [-0.1, -0.05) is 6.07 Å². The van der Waals surface area contributed by atoms with E-state index in [0.29, 0.717) is 30.8 Å². The molecule has 1 aromatic carbocycles. The number of benzene rings is 1. The summed E-state index contributed by atoms with van der Waals surface area (Å²) in [6.45, 7) is 1.29. The Morgan fingerprint density at radius 1 is 1.12 bits per heavy atom. The Balaban J connectivity index is 1.58. The summed E-state index contributed by atoms with van der Waals surface area (Å²) >= 11 is 0. The van der Waals surface area contributed by atoms with E-state index in [1.54, 1.807) is 24.3 Å². The number of anilines is 2. The zero-order chi connectivity index (χ0) is 17.7. The molecular formula is C18H23N3O3S. The van der Waals surface area contributed by atoms with Crippen LogP contribution in [0.3, 0.4) is 0 Å². The fourth-order valence-corrected chi connectivity index (χ4v) is 4.61. The molecule has 25 heavy (non-hydrogen) atoms. The Hall–Kier alpha value is -2.28. The molecule has 0 unspecified atom stereocenters. The molecule has 0 radical (unpaired) electrons. The molecule has 1 N–H and O–H groups in total. The van der Waals surface area contributed by atoms with Gasteiger partial charge in [-0.05, 0) is 49.6 Å². The first kappa shape index (κ1) is 17.5. The molecule has 1 saturated heterocycles. The minimum Gasteiger partial charge on any atom is -0.354 e. The lowest BCUT2D eigenvalue weighted by atomic mass is 10.2. The van der Waals surface area contributed by atoms with E-state index >= 15 is 0 Å². The molecule has 1 amide bonds. The predicted octanol–water partition coefficient (Wildman–Crippen LogP) is 2.84. The fourth-order valence-electron chi connectivity index (χ4n) is 2.98. The van der Waals surface area contributed by atoms with Gasteiger partial charge in [0.25, 0.3) is 0 Å². The number of amides is 1. The maximum atomic E-state index is 12.2. The third kappa shape index (κ3) is 4.63. The standard InChI is InChI=1S/C18H23N3O3S/c22-18(9-6-12-20-10-1-2-11-20)19-16-7-5-8-17(15-16)21-13-3-4-14-25(21,23)24/h1-2,5,7-8,10-11,15H,3-4,6,9,12-14H2,(H,19,22). The quantitative estimate of drug-likeness (QED) is 0.860. The van der Waals surface area contributed by atoms with Gasteiger partial charge in [0.2, 0.25) is 15.9 Å².